The first kappa shape index (κ1) is 69.9. The number of fused-ring (bicyclic) bond motifs is 3. The fraction of sp³-hybridized carbons (Fsp3) is 0.395. The summed E-state index contributed by atoms with van der Waals surface area (Å²) < 4.78 is 91.4. The quantitative estimate of drug-likeness (QED) is 0.0178. The van der Waals surface area contributed by atoms with Gasteiger partial charge in [-0.1, -0.05) is 246 Å². The summed E-state index contributed by atoms with van der Waals surface area (Å²) in [5, 5.41) is 2.25. The molecule has 478 valence electrons. The summed E-state index contributed by atoms with van der Waals surface area (Å²) >= 11 is 0. The Kier molecular flexibility index (Phi) is 29.7. The van der Waals surface area contributed by atoms with Crippen LogP contribution in [-0.2, 0) is 12.8 Å². The van der Waals surface area contributed by atoms with Crippen molar-refractivity contribution in [3.8, 4) is 61.9 Å². The fourth-order valence-corrected chi connectivity index (χ4v) is 11.1. The Morgan fingerprint density at radius 3 is 1.19 bits per heavy atom. The van der Waals surface area contributed by atoms with Crippen molar-refractivity contribution in [2.45, 2.75) is 189 Å². The lowest BCUT2D eigenvalue weighted by Crippen LogP contribution is -2.01. The maximum absolute atomic E-state index is 15.0. The molecule has 8 aromatic carbocycles. The summed E-state index contributed by atoms with van der Waals surface area (Å²) in [4.78, 5) is 4.19. The maximum atomic E-state index is 15.0. The molecule has 0 atom stereocenters. The van der Waals surface area contributed by atoms with Gasteiger partial charge in [-0.25, -0.2) is 22.5 Å². The molecule has 1 heterocycles. The summed E-state index contributed by atoms with van der Waals surface area (Å²) in [7, 11) is 0. The fourth-order valence-electron chi connectivity index (χ4n) is 11.1. The highest BCUT2D eigenvalue weighted by Gasteiger charge is 2.18. The van der Waals surface area contributed by atoms with Crippen molar-refractivity contribution in [1.29, 1.82) is 0 Å². The second-order valence-corrected chi connectivity index (χ2v) is 23.8. The summed E-state index contributed by atoms with van der Waals surface area (Å²) in [6.45, 7) is 14.7. The monoisotopic (exact) mass is 1230 g/mol. The van der Waals surface area contributed by atoms with E-state index in [-0.39, 0.29) is 34.6 Å². The van der Waals surface area contributed by atoms with Gasteiger partial charge in [-0.15, -0.1) is 0 Å². The maximum Gasteiger partial charge on any atom is 0.216 e. The van der Waals surface area contributed by atoms with E-state index in [2.05, 4.69) is 70.8 Å². The van der Waals surface area contributed by atoms with E-state index >= 15 is 4.39 Å². The summed E-state index contributed by atoms with van der Waals surface area (Å²) in [6.07, 6.45) is 26.0. The highest BCUT2D eigenvalue weighted by molar-refractivity contribution is 6.08. The Balaban J connectivity index is 0.000000193. The van der Waals surface area contributed by atoms with Gasteiger partial charge >= 0.3 is 0 Å². The average molecular weight is 1230 g/mol. The molecule has 1 aromatic heterocycles. The van der Waals surface area contributed by atoms with Crippen molar-refractivity contribution in [2.75, 3.05) is 19.8 Å². The van der Waals surface area contributed by atoms with Gasteiger partial charge in [0.05, 0.1) is 25.5 Å². The van der Waals surface area contributed by atoms with E-state index in [9.17, 15) is 17.6 Å². The third-order valence-electron chi connectivity index (χ3n) is 16.6. The number of rotatable bonds is 33. The van der Waals surface area contributed by atoms with E-state index in [0.29, 0.717) is 57.1 Å². The molecule has 0 N–H and O–H groups in total. The summed E-state index contributed by atoms with van der Waals surface area (Å²) in [5.74, 6) is -1.34. The van der Waals surface area contributed by atoms with Crippen LogP contribution in [0.4, 0.5) is 22.0 Å². The van der Waals surface area contributed by atoms with Crippen LogP contribution >= 0.6 is 0 Å². The van der Waals surface area contributed by atoms with Gasteiger partial charge in [0.2, 0.25) is 5.95 Å². The first-order valence-corrected chi connectivity index (χ1v) is 33.7. The van der Waals surface area contributed by atoms with Crippen molar-refractivity contribution in [3.63, 3.8) is 0 Å². The van der Waals surface area contributed by atoms with Crippen molar-refractivity contribution in [1.82, 2.24) is 4.98 Å². The van der Waals surface area contributed by atoms with Gasteiger partial charge in [0.1, 0.15) is 5.75 Å². The molecule has 90 heavy (non-hydrogen) atoms. The zero-order valence-electron chi connectivity index (χ0n) is 54.5. The number of benzene rings is 8. The third-order valence-corrected chi connectivity index (χ3v) is 16.6. The number of halogens is 5. The van der Waals surface area contributed by atoms with Gasteiger partial charge in [-0.3, -0.25) is 0 Å². The van der Waals surface area contributed by atoms with E-state index in [1.165, 1.54) is 75.3 Å². The number of hydrogen-bond acceptors (Lipinski definition) is 4. The molecule has 0 unspecified atom stereocenters. The predicted octanol–water partition coefficient (Wildman–Crippen LogP) is 24.9. The molecule has 0 amide bonds. The second-order valence-electron chi connectivity index (χ2n) is 23.8. The van der Waals surface area contributed by atoms with Gasteiger partial charge in [-0.2, -0.15) is 4.39 Å². The molecule has 0 fully saturated rings. The predicted molar refractivity (Wildman–Crippen MR) is 368 cm³/mol. The molecule has 0 saturated carbocycles. The van der Waals surface area contributed by atoms with Gasteiger partial charge < -0.3 is 14.2 Å². The molecule has 0 saturated heterocycles. The van der Waals surface area contributed by atoms with Crippen LogP contribution in [-0.4, -0.2) is 24.8 Å². The van der Waals surface area contributed by atoms with Crippen LogP contribution in [0.15, 0.2) is 158 Å². The average Bonchev–Trinajstić information content (AvgIpc) is 0.962. The zero-order valence-corrected chi connectivity index (χ0v) is 54.5. The first-order chi connectivity index (χ1) is 44.0. The second kappa shape index (κ2) is 38.2. The minimum Gasteiger partial charge on any atom is -0.494 e. The number of hydrogen-bond donors (Lipinski definition) is 0. The van der Waals surface area contributed by atoms with E-state index < -0.39 is 11.6 Å². The van der Waals surface area contributed by atoms with Gasteiger partial charge in [0.15, 0.2) is 34.8 Å². The molecule has 0 aliphatic heterocycles. The van der Waals surface area contributed by atoms with E-state index in [0.717, 1.165) is 118 Å². The lowest BCUT2D eigenvalue weighted by atomic mass is 9.96. The normalized spacial score (nSPS) is 11.1. The molecule has 0 bridgehead atoms. The molecule has 0 aliphatic rings. The molecular formula is C81H96F5NO3. The van der Waals surface area contributed by atoms with E-state index in [1.54, 1.807) is 36.4 Å². The first-order valence-electron chi connectivity index (χ1n) is 33.7. The molecule has 9 heteroatoms. The summed E-state index contributed by atoms with van der Waals surface area (Å²) in [6, 6.07) is 48.8. The Labute approximate surface area is 534 Å². The lowest BCUT2D eigenvalue weighted by Gasteiger charge is -2.13. The number of aryl methyl sites for hydroxylation is 3. The molecule has 0 aliphatic carbocycles. The third kappa shape index (κ3) is 21.0. The Morgan fingerprint density at radius 1 is 0.311 bits per heavy atom. The molecule has 9 aromatic rings. The van der Waals surface area contributed by atoms with Gasteiger partial charge in [-0.05, 0) is 145 Å². The van der Waals surface area contributed by atoms with Crippen molar-refractivity contribution < 1.29 is 36.2 Å². The van der Waals surface area contributed by atoms with Gasteiger partial charge in [0, 0.05) is 33.0 Å². The molecule has 0 radical (unpaired) electrons. The van der Waals surface area contributed by atoms with E-state index in [1.807, 2.05) is 97.1 Å². The minimum absolute atomic E-state index is 0.255. The van der Waals surface area contributed by atoms with Crippen LogP contribution in [0.25, 0.3) is 66.2 Å². The van der Waals surface area contributed by atoms with Crippen molar-refractivity contribution in [3.05, 3.63) is 204 Å². The highest BCUT2D eigenvalue weighted by Crippen LogP contribution is 2.37. The number of aromatic nitrogens is 1. The lowest BCUT2D eigenvalue weighted by molar-refractivity contribution is 0.291. The number of nitrogens with zero attached hydrogens (tertiary/aromatic N) is 1. The van der Waals surface area contributed by atoms with Crippen LogP contribution in [0, 0.1) is 36.1 Å². The molecule has 0 spiro atoms. The van der Waals surface area contributed by atoms with Crippen LogP contribution in [0.5, 0.6) is 17.2 Å². The number of ether oxygens (including phenoxy) is 3. The Hall–Kier alpha value is -7.52. The Morgan fingerprint density at radius 2 is 0.700 bits per heavy atom. The highest BCUT2D eigenvalue weighted by atomic mass is 19.2. The largest absolute Gasteiger partial charge is 0.494 e. The molecular weight excluding hydrogens is 1130 g/mol. The van der Waals surface area contributed by atoms with Crippen LogP contribution in [0.2, 0.25) is 0 Å². The summed E-state index contributed by atoms with van der Waals surface area (Å²) in [5.41, 5.74) is 8.83. The molecule has 4 nitrogen and oxygen atoms in total. The Bertz CT molecular complexity index is 3470. The van der Waals surface area contributed by atoms with Crippen LogP contribution in [0.1, 0.15) is 186 Å². The van der Waals surface area contributed by atoms with Crippen LogP contribution in [0.3, 0.4) is 0 Å². The smallest absolute Gasteiger partial charge is 0.216 e. The van der Waals surface area contributed by atoms with Crippen molar-refractivity contribution in [2.24, 2.45) is 0 Å². The molecule has 9 rings (SSSR count). The number of pyridine rings is 1. The minimum atomic E-state index is -0.808. The number of unbranched alkanes of at least 4 members (excludes halogenated alkanes) is 16. The topological polar surface area (TPSA) is 40.6 Å². The SMILES string of the molecule is CCCCCCCCc1ccc(-c2ccc(OCCCCCC)cc2)nc1F.CCCCCCOc1ccc2c(ccc3c(F)c(OCCCCCC)ccc32)c1F.CCCCCc1ccc(-c2ccc(-c3ccc(-c4ccc(C)cc4)cc3)c(F)c2F)cc1. The van der Waals surface area contributed by atoms with Crippen LogP contribution < -0.4 is 14.2 Å². The van der Waals surface area contributed by atoms with Gasteiger partial charge in [0.25, 0.3) is 0 Å². The standard InChI is InChI=1S/C30H28F2.C26H32F2O2.C25H36FNO/c1-3-4-5-6-22-9-13-25(14-10-22)27-19-20-28(30(32)29(27)31)26-17-15-24(16-18-26)23-11-7-21(2)8-12-23;1-3-5-7-9-17-29-23-15-13-19-20-14-16-24(30-18-10-8-6-4-2)26(28)22(20)12-11-21(19)25(23)27;1-3-5-7-9-10-11-13-22-16-19-24(27-25(22)26)21-14-17-23(18-15-21)28-20-12-8-6-4-2/h7-20H,3-6H2,1-2H3;11-16H,3-10,17-18H2,1-2H3;14-19H,3-13,20H2,1-2H3. The van der Waals surface area contributed by atoms with E-state index in [4.69, 9.17) is 14.2 Å². The van der Waals surface area contributed by atoms with Crippen molar-refractivity contribution >= 4 is 21.5 Å². The zero-order chi connectivity index (χ0) is 63.9.